The van der Waals surface area contributed by atoms with Gasteiger partial charge in [-0.3, -0.25) is 24.1 Å². The van der Waals surface area contributed by atoms with Gasteiger partial charge in [-0.05, 0) is 42.5 Å². The third-order valence-electron chi connectivity index (χ3n) is 5.59. The second-order valence-corrected chi connectivity index (χ2v) is 7.20. The van der Waals surface area contributed by atoms with Gasteiger partial charge in [0.1, 0.15) is 12.3 Å². The van der Waals surface area contributed by atoms with Gasteiger partial charge in [-0.1, -0.05) is 12.2 Å². The average molecular weight is 384 g/mol. The van der Waals surface area contributed by atoms with Crippen LogP contribution >= 0.6 is 0 Å². The highest BCUT2D eigenvalue weighted by Gasteiger charge is 2.59. The molecule has 8 nitrogen and oxygen atoms in total. The summed E-state index contributed by atoms with van der Waals surface area (Å²) >= 11 is 0. The quantitative estimate of drug-likeness (QED) is 0.446. The van der Waals surface area contributed by atoms with Crippen LogP contribution in [0.25, 0.3) is 0 Å². The van der Waals surface area contributed by atoms with Gasteiger partial charge in [-0.25, -0.2) is 0 Å². The number of nitrogens with one attached hydrogen (secondary N) is 1. The third-order valence-corrected chi connectivity index (χ3v) is 5.59. The lowest BCUT2D eigenvalue weighted by Gasteiger charge is -2.16. The number of anilines is 1. The molecular formula is C20H20N2O6. The summed E-state index contributed by atoms with van der Waals surface area (Å²) in [6.45, 7) is -0.958. The molecule has 0 spiro atoms. The number of fused-ring (bicyclic) bond motifs is 5. The van der Waals surface area contributed by atoms with E-state index in [0.29, 0.717) is 11.4 Å². The minimum absolute atomic E-state index is 0.0859. The van der Waals surface area contributed by atoms with E-state index in [9.17, 15) is 19.2 Å². The maximum absolute atomic E-state index is 12.5. The van der Waals surface area contributed by atoms with Crippen LogP contribution in [-0.2, 0) is 23.9 Å². The number of ether oxygens (including phenoxy) is 2. The fourth-order valence-corrected chi connectivity index (χ4v) is 4.31. The summed E-state index contributed by atoms with van der Waals surface area (Å²) in [5, 5.41) is 2.58. The molecular weight excluding hydrogens is 364 g/mol. The van der Waals surface area contributed by atoms with Crippen molar-refractivity contribution in [2.24, 2.45) is 23.7 Å². The summed E-state index contributed by atoms with van der Waals surface area (Å²) in [6.07, 6.45) is 4.81. The van der Waals surface area contributed by atoms with Crippen molar-refractivity contribution in [2.75, 3.05) is 25.6 Å². The summed E-state index contributed by atoms with van der Waals surface area (Å²) < 4.78 is 9.97. The van der Waals surface area contributed by atoms with Crippen LogP contribution in [0.5, 0.6) is 5.75 Å². The number of hydrogen-bond donors (Lipinski definition) is 1. The van der Waals surface area contributed by atoms with Crippen LogP contribution in [0.4, 0.5) is 5.69 Å². The van der Waals surface area contributed by atoms with E-state index in [4.69, 9.17) is 9.47 Å². The van der Waals surface area contributed by atoms with Gasteiger partial charge in [0.2, 0.25) is 11.8 Å². The average Bonchev–Trinajstić information content (AvgIpc) is 3.37. The summed E-state index contributed by atoms with van der Waals surface area (Å²) in [5.74, 6) is -1.81. The molecule has 146 valence electrons. The SMILES string of the molecule is COc1ccc(NC(=O)COC(=O)CN2C(=O)[C@@H]3[C@@H](C2=O)[C@H]2C=C[C@@H]3C2)cc1. The maximum atomic E-state index is 12.5. The predicted octanol–water partition coefficient (Wildman–Crippen LogP) is 0.984. The molecule has 3 amide bonds. The fraction of sp³-hybridized carbons (Fsp3) is 0.400. The molecule has 2 aliphatic carbocycles. The first-order valence-corrected chi connectivity index (χ1v) is 9.11. The van der Waals surface area contributed by atoms with Gasteiger partial charge >= 0.3 is 5.97 Å². The van der Waals surface area contributed by atoms with E-state index in [2.05, 4.69) is 5.32 Å². The van der Waals surface area contributed by atoms with Crippen LogP contribution in [0.1, 0.15) is 6.42 Å². The molecule has 2 fully saturated rings. The van der Waals surface area contributed by atoms with Crippen molar-refractivity contribution in [3.63, 3.8) is 0 Å². The lowest BCUT2D eigenvalue weighted by atomic mass is 9.85. The number of nitrogens with zero attached hydrogens (tertiary/aromatic N) is 1. The zero-order valence-corrected chi connectivity index (χ0v) is 15.3. The second kappa shape index (κ2) is 7.10. The largest absolute Gasteiger partial charge is 0.497 e. The van der Waals surface area contributed by atoms with E-state index in [-0.39, 0.29) is 35.5 Å². The van der Waals surface area contributed by atoms with E-state index in [0.717, 1.165) is 11.3 Å². The van der Waals surface area contributed by atoms with E-state index in [1.807, 2.05) is 12.2 Å². The number of likely N-dealkylation sites (tertiary alicyclic amines) is 1. The number of esters is 1. The van der Waals surface area contributed by atoms with Gasteiger partial charge < -0.3 is 14.8 Å². The van der Waals surface area contributed by atoms with Crippen molar-refractivity contribution in [3.05, 3.63) is 36.4 Å². The molecule has 0 aromatic heterocycles. The molecule has 4 atom stereocenters. The molecule has 2 bridgehead atoms. The summed E-state index contributed by atoms with van der Waals surface area (Å²) in [7, 11) is 1.54. The first-order valence-electron chi connectivity index (χ1n) is 9.11. The molecule has 1 aromatic rings. The Morgan fingerprint density at radius 3 is 2.25 bits per heavy atom. The topological polar surface area (TPSA) is 102 Å². The number of imide groups is 1. The first kappa shape index (κ1) is 18.2. The Labute approximate surface area is 161 Å². The Hall–Kier alpha value is -3.16. The van der Waals surface area contributed by atoms with Crippen LogP contribution < -0.4 is 10.1 Å². The number of carbonyl (C=O) groups excluding carboxylic acids is 4. The highest BCUT2D eigenvalue weighted by molar-refractivity contribution is 6.08. The second-order valence-electron chi connectivity index (χ2n) is 7.20. The number of allylic oxidation sites excluding steroid dienone is 2. The fourth-order valence-electron chi connectivity index (χ4n) is 4.31. The van der Waals surface area contributed by atoms with Gasteiger partial charge in [-0.15, -0.1) is 0 Å². The number of hydrogen-bond acceptors (Lipinski definition) is 6. The van der Waals surface area contributed by atoms with E-state index < -0.39 is 25.0 Å². The molecule has 1 aromatic carbocycles. The van der Waals surface area contributed by atoms with Crippen LogP contribution in [-0.4, -0.2) is 48.9 Å². The number of rotatable bonds is 6. The van der Waals surface area contributed by atoms with Gasteiger partial charge in [0.05, 0.1) is 18.9 Å². The van der Waals surface area contributed by atoms with Gasteiger partial charge in [-0.2, -0.15) is 0 Å². The molecule has 1 heterocycles. The van der Waals surface area contributed by atoms with E-state index in [1.54, 1.807) is 24.3 Å². The number of amides is 3. The zero-order valence-electron chi connectivity index (χ0n) is 15.3. The summed E-state index contributed by atoms with van der Waals surface area (Å²) in [5.41, 5.74) is 0.530. The minimum atomic E-state index is -0.785. The Balaban J connectivity index is 1.27. The molecule has 1 aliphatic heterocycles. The minimum Gasteiger partial charge on any atom is -0.497 e. The molecule has 28 heavy (non-hydrogen) atoms. The Morgan fingerprint density at radius 1 is 1.07 bits per heavy atom. The number of methoxy groups -OCH3 is 1. The summed E-state index contributed by atoms with van der Waals surface area (Å²) in [4.78, 5) is 50.0. The van der Waals surface area contributed by atoms with Gasteiger partial charge in [0, 0.05) is 5.69 Å². The highest BCUT2D eigenvalue weighted by Crippen LogP contribution is 2.52. The van der Waals surface area contributed by atoms with E-state index >= 15 is 0 Å². The lowest BCUT2D eigenvalue weighted by molar-refractivity contribution is -0.154. The number of carbonyl (C=O) groups is 4. The Bertz CT molecular complexity index is 832. The van der Waals surface area contributed by atoms with Gasteiger partial charge in [0.15, 0.2) is 6.61 Å². The van der Waals surface area contributed by atoms with Crippen molar-refractivity contribution in [1.82, 2.24) is 4.90 Å². The monoisotopic (exact) mass is 384 g/mol. The van der Waals surface area contributed by atoms with Crippen LogP contribution in [0, 0.1) is 23.7 Å². The highest BCUT2D eigenvalue weighted by atomic mass is 16.5. The van der Waals surface area contributed by atoms with Crippen molar-refractivity contribution >= 4 is 29.4 Å². The van der Waals surface area contributed by atoms with Crippen LogP contribution in [0.15, 0.2) is 36.4 Å². The molecule has 0 radical (unpaired) electrons. The van der Waals surface area contributed by atoms with Crippen molar-refractivity contribution in [2.45, 2.75) is 6.42 Å². The van der Waals surface area contributed by atoms with Gasteiger partial charge in [0.25, 0.3) is 5.91 Å². The summed E-state index contributed by atoms with van der Waals surface area (Å²) in [6, 6.07) is 6.68. The molecule has 8 heteroatoms. The first-order chi connectivity index (χ1) is 13.5. The molecule has 1 saturated carbocycles. The van der Waals surface area contributed by atoms with Crippen molar-refractivity contribution in [3.8, 4) is 5.75 Å². The van der Waals surface area contributed by atoms with Crippen LogP contribution in [0.2, 0.25) is 0 Å². The third kappa shape index (κ3) is 3.15. The standard InChI is InChI=1S/C20H20N2O6/c1-27-14-6-4-13(5-7-14)21-15(23)10-28-16(24)9-22-19(25)17-11-2-3-12(8-11)18(17)20(22)26/h2-7,11-12,17-18H,8-10H2,1H3,(H,21,23)/t11-,12+,17-,18-/m0/s1. The normalized spacial score (nSPS) is 27.1. The Morgan fingerprint density at radius 2 is 1.68 bits per heavy atom. The molecule has 3 aliphatic rings. The van der Waals surface area contributed by atoms with Crippen molar-refractivity contribution in [1.29, 1.82) is 0 Å². The van der Waals surface area contributed by atoms with E-state index in [1.165, 1.54) is 7.11 Å². The Kier molecular flexibility index (Phi) is 4.62. The molecule has 4 rings (SSSR count). The smallest absolute Gasteiger partial charge is 0.326 e. The molecule has 0 unspecified atom stereocenters. The maximum Gasteiger partial charge on any atom is 0.326 e. The number of benzene rings is 1. The molecule has 1 saturated heterocycles. The molecule has 1 N–H and O–H groups in total. The van der Waals surface area contributed by atoms with Crippen LogP contribution in [0.3, 0.4) is 0 Å². The van der Waals surface area contributed by atoms with Crippen molar-refractivity contribution < 1.29 is 28.7 Å². The lowest BCUT2D eigenvalue weighted by Crippen LogP contribution is -2.38. The zero-order chi connectivity index (χ0) is 19.8. The predicted molar refractivity (Wildman–Crippen MR) is 97.0 cm³/mol.